The summed E-state index contributed by atoms with van der Waals surface area (Å²) in [5.41, 5.74) is 4.14. The molecule has 30 heavy (non-hydrogen) atoms. The second-order valence-electron chi connectivity index (χ2n) is 8.29. The number of carbonyl (C=O) groups is 2. The summed E-state index contributed by atoms with van der Waals surface area (Å²) < 4.78 is 5.22. The van der Waals surface area contributed by atoms with Gasteiger partial charge in [-0.25, -0.2) is 0 Å². The Balaban J connectivity index is 2.24. The number of hydrogen-bond donors (Lipinski definition) is 1. The molecule has 5 heteroatoms. The normalized spacial score (nSPS) is 11.8. The van der Waals surface area contributed by atoms with Gasteiger partial charge in [-0.15, -0.1) is 0 Å². The first kappa shape index (κ1) is 23.5. The van der Waals surface area contributed by atoms with Gasteiger partial charge in [0, 0.05) is 13.1 Å². The molecule has 0 aromatic heterocycles. The zero-order chi connectivity index (χ0) is 22.3. The smallest absolute Gasteiger partial charge is 0.242 e. The SMILES string of the molecule is COc1ccc(CN(C(=O)Cc2cc(C)ccc2C)[C@H](C)C(=O)NCC(C)C)cc1. The first-order valence-electron chi connectivity index (χ1n) is 10.5. The van der Waals surface area contributed by atoms with Crippen LogP contribution < -0.4 is 10.1 Å². The zero-order valence-corrected chi connectivity index (χ0v) is 19.0. The number of nitrogens with one attached hydrogen (secondary N) is 1. The summed E-state index contributed by atoms with van der Waals surface area (Å²) in [4.78, 5) is 27.7. The van der Waals surface area contributed by atoms with Gasteiger partial charge in [0.1, 0.15) is 11.8 Å². The van der Waals surface area contributed by atoms with Crippen LogP contribution in [0.2, 0.25) is 0 Å². The molecule has 0 bridgehead atoms. The van der Waals surface area contributed by atoms with Gasteiger partial charge in [0.2, 0.25) is 11.8 Å². The molecule has 2 amide bonds. The molecular weight excluding hydrogens is 376 g/mol. The molecule has 2 rings (SSSR count). The average Bonchev–Trinajstić information content (AvgIpc) is 2.72. The van der Waals surface area contributed by atoms with Crippen LogP contribution in [0.3, 0.4) is 0 Å². The van der Waals surface area contributed by atoms with Crippen molar-refractivity contribution in [3.8, 4) is 5.75 Å². The molecule has 0 aliphatic carbocycles. The average molecular weight is 411 g/mol. The predicted molar refractivity (Wildman–Crippen MR) is 120 cm³/mol. The molecule has 162 valence electrons. The fraction of sp³-hybridized carbons (Fsp3) is 0.440. The van der Waals surface area contributed by atoms with Crippen LogP contribution in [0.25, 0.3) is 0 Å². The second kappa shape index (κ2) is 10.8. The molecule has 1 atom stereocenters. The second-order valence-corrected chi connectivity index (χ2v) is 8.29. The first-order chi connectivity index (χ1) is 14.2. The summed E-state index contributed by atoms with van der Waals surface area (Å²) in [6.45, 7) is 10.9. The van der Waals surface area contributed by atoms with Crippen molar-refractivity contribution in [1.29, 1.82) is 0 Å². The molecule has 0 aliphatic rings. The Morgan fingerprint density at radius 2 is 1.70 bits per heavy atom. The van der Waals surface area contributed by atoms with Gasteiger partial charge >= 0.3 is 0 Å². The lowest BCUT2D eigenvalue weighted by Gasteiger charge is -2.29. The Labute approximate surface area is 180 Å². The molecule has 0 aliphatic heterocycles. The minimum absolute atomic E-state index is 0.0632. The van der Waals surface area contributed by atoms with Crippen LogP contribution in [0.15, 0.2) is 42.5 Å². The quantitative estimate of drug-likeness (QED) is 0.679. The molecule has 0 spiro atoms. The maximum absolute atomic E-state index is 13.3. The highest BCUT2D eigenvalue weighted by Gasteiger charge is 2.26. The number of benzene rings is 2. The molecule has 2 aromatic carbocycles. The number of aryl methyl sites for hydroxylation is 2. The number of hydrogen-bond acceptors (Lipinski definition) is 3. The van der Waals surface area contributed by atoms with Crippen LogP contribution in [-0.4, -0.2) is 36.4 Å². The third-order valence-corrected chi connectivity index (χ3v) is 5.21. The maximum atomic E-state index is 13.3. The van der Waals surface area contributed by atoms with E-state index in [9.17, 15) is 9.59 Å². The van der Waals surface area contributed by atoms with Crippen molar-refractivity contribution in [3.63, 3.8) is 0 Å². The Bertz CT molecular complexity index is 859. The summed E-state index contributed by atoms with van der Waals surface area (Å²) in [7, 11) is 1.62. The molecule has 0 heterocycles. The van der Waals surface area contributed by atoms with Crippen LogP contribution in [0.1, 0.15) is 43.0 Å². The van der Waals surface area contributed by atoms with Gasteiger partial charge in [0.15, 0.2) is 0 Å². The topological polar surface area (TPSA) is 58.6 Å². The van der Waals surface area contributed by atoms with Crippen molar-refractivity contribution in [1.82, 2.24) is 10.2 Å². The zero-order valence-electron chi connectivity index (χ0n) is 19.0. The van der Waals surface area contributed by atoms with Crippen LogP contribution in [0.4, 0.5) is 0 Å². The highest BCUT2D eigenvalue weighted by atomic mass is 16.5. The van der Waals surface area contributed by atoms with Gasteiger partial charge in [-0.2, -0.15) is 0 Å². The van der Waals surface area contributed by atoms with Crippen LogP contribution in [0.5, 0.6) is 5.75 Å². The maximum Gasteiger partial charge on any atom is 0.242 e. The Hall–Kier alpha value is -2.82. The van der Waals surface area contributed by atoms with E-state index in [4.69, 9.17) is 4.74 Å². The van der Waals surface area contributed by atoms with E-state index in [-0.39, 0.29) is 18.2 Å². The molecule has 0 unspecified atom stereocenters. The lowest BCUT2D eigenvalue weighted by Crippen LogP contribution is -2.48. The number of amides is 2. The van der Waals surface area contributed by atoms with E-state index in [1.54, 1.807) is 18.9 Å². The van der Waals surface area contributed by atoms with Crippen LogP contribution >= 0.6 is 0 Å². The number of methoxy groups -OCH3 is 1. The van der Waals surface area contributed by atoms with Crippen molar-refractivity contribution < 1.29 is 14.3 Å². The largest absolute Gasteiger partial charge is 0.497 e. The standard InChI is InChI=1S/C25H34N2O3/c1-17(2)15-26-25(29)20(5)27(16-21-9-11-23(30-6)12-10-21)24(28)14-22-13-18(3)7-8-19(22)4/h7-13,17,20H,14-16H2,1-6H3,(H,26,29)/t20-/m1/s1. The summed E-state index contributed by atoms with van der Waals surface area (Å²) in [6, 6.07) is 13.1. The van der Waals surface area contributed by atoms with Crippen molar-refractivity contribution >= 4 is 11.8 Å². The lowest BCUT2D eigenvalue weighted by molar-refractivity contribution is -0.140. The molecule has 5 nitrogen and oxygen atoms in total. The highest BCUT2D eigenvalue weighted by Crippen LogP contribution is 2.18. The Morgan fingerprint density at radius 3 is 2.30 bits per heavy atom. The number of carbonyl (C=O) groups excluding carboxylic acids is 2. The predicted octanol–water partition coefficient (Wildman–Crippen LogP) is 4.04. The van der Waals surface area contributed by atoms with E-state index < -0.39 is 6.04 Å². The van der Waals surface area contributed by atoms with Crippen molar-refractivity contribution in [3.05, 3.63) is 64.7 Å². The minimum Gasteiger partial charge on any atom is -0.497 e. The van der Waals surface area contributed by atoms with E-state index in [0.717, 1.165) is 28.0 Å². The molecule has 1 N–H and O–H groups in total. The summed E-state index contributed by atoms with van der Waals surface area (Å²) in [5.74, 6) is 0.912. The van der Waals surface area contributed by atoms with E-state index in [2.05, 4.69) is 5.32 Å². The van der Waals surface area contributed by atoms with Crippen LogP contribution in [0, 0.1) is 19.8 Å². The third-order valence-electron chi connectivity index (χ3n) is 5.21. The first-order valence-corrected chi connectivity index (χ1v) is 10.5. The fourth-order valence-corrected chi connectivity index (χ4v) is 3.22. The van der Waals surface area contributed by atoms with E-state index >= 15 is 0 Å². The molecule has 0 saturated heterocycles. The highest BCUT2D eigenvalue weighted by molar-refractivity contribution is 5.88. The Kier molecular flexibility index (Phi) is 8.46. The lowest BCUT2D eigenvalue weighted by atomic mass is 10.0. The van der Waals surface area contributed by atoms with Gasteiger partial charge in [0.05, 0.1) is 13.5 Å². The Morgan fingerprint density at radius 1 is 1.03 bits per heavy atom. The molecular formula is C25H34N2O3. The van der Waals surface area contributed by atoms with Crippen LogP contribution in [-0.2, 0) is 22.6 Å². The summed E-state index contributed by atoms with van der Waals surface area (Å²) in [6.07, 6.45) is 0.269. The van der Waals surface area contributed by atoms with Gasteiger partial charge in [-0.05, 0) is 55.5 Å². The fourth-order valence-electron chi connectivity index (χ4n) is 3.22. The van der Waals surface area contributed by atoms with E-state index in [0.29, 0.717) is 19.0 Å². The molecule has 2 aromatic rings. The van der Waals surface area contributed by atoms with Gasteiger partial charge in [-0.1, -0.05) is 49.7 Å². The summed E-state index contributed by atoms with van der Waals surface area (Å²) in [5, 5.41) is 2.95. The number of rotatable bonds is 9. The van der Waals surface area contributed by atoms with E-state index in [1.807, 2.05) is 70.2 Å². The molecule has 0 saturated carbocycles. The van der Waals surface area contributed by atoms with Crippen molar-refractivity contribution in [2.75, 3.05) is 13.7 Å². The van der Waals surface area contributed by atoms with Gasteiger partial charge in [0.25, 0.3) is 0 Å². The third kappa shape index (κ3) is 6.61. The van der Waals surface area contributed by atoms with E-state index in [1.165, 1.54) is 0 Å². The number of ether oxygens (including phenoxy) is 1. The van der Waals surface area contributed by atoms with Crippen molar-refractivity contribution in [2.45, 2.75) is 53.6 Å². The number of nitrogens with zero attached hydrogens (tertiary/aromatic N) is 1. The summed E-state index contributed by atoms with van der Waals surface area (Å²) >= 11 is 0. The van der Waals surface area contributed by atoms with Crippen molar-refractivity contribution in [2.24, 2.45) is 5.92 Å². The minimum atomic E-state index is -0.566. The molecule has 0 radical (unpaired) electrons. The molecule has 0 fully saturated rings. The monoisotopic (exact) mass is 410 g/mol. The van der Waals surface area contributed by atoms with Gasteiger partial charge < -0.3 is 15.0 Å². The van der Waals surface area contributed by atoms with Gasteiger partial charge in [-0.3, -0.25) is 9.59 Å².